The third kappa shape index (κ3) is 2.35. The zero-order valence-electron chi connectivity index (χ0n) is 10.4. The van der Waals surface area contributed by atoms with E-state index in [0.29, 0.717) is 11.8 Å². The van der Waals surface area contributed by atoms with Gasteiger partial charge in [-0.3, -0.25) is 4.21 Å². The van der Waals surface area contributed by atoms with Crippen LogP contribution < -0.4 is 5.32 Å². The number of fused-ring (bicyclic) bond motifs is 1. The average molecular weight is 263 g/mol. The van der Waals surface area contributed by atoms with E-state index >= 15 is 0 Å². The summed E-state index contributed by atoms with van der Waals surface area (Å²) in [4.78, 5) is 0. The van der Waals surface area contributed by atoms with Crippen molar-refractivity contribution in [2.24, 2.45) is 0 Å². The van der Waals surface area contributed by atoms with E-state index in [4.69, 9.17) is 4.42 Å². The second-order valence-electron chi connectivity index (χ2n) is 4.91. The number of hydrogen-bond acceptors (Lipinski definition) is 3. The van der Waals surface area contributed by atoms with Crippen molar-refractivity contribution in [2.75, 3.05) is 11.5 Å². The monoisotopic (exact) mass is 263 g/mol. The highest BCUT2D eigenvalue weighted by molar-refractivity contribution is 7.85. The van der Waals surface area contributed by atoms with Gasteiger partial charge in [-0.2, -0.15) is 0 Å². The van der Waals surface area contributed by atoms with Gasteiger partial charge in [-0.25, -0.2) is 0 Å². The summed E-state index contributed by atoms with van der Waals surface area (Å²) in [6.07, 6.45) is 0.962. The molecule has 0 amide bonds. The predicted octanol–water partition coefficient (Wildman–Crippen LogP) is 2.60. The summed E-state index contributed by atoms with van der Waals surface area (Å²) >= 11 is 0. The maximum atomic E-state index is 11.9. The van der Waals surface area contributed by atoms with E-state index < -0.39 is 10.8 Å². The zero-order valence-corrected chi connectivity index (χ0v) is 11.2. The van der Waals surface area contributed by atoms with E-state index in [9.17, 15) is 4.21 Å². The molecule has 0 aliphatic carbocycles. The summed E-state index contributed by atoms with van der Waals surface area (Å²) in [5, 5.41) is 4.61. The van der Waals surface area contributed by atoms with Crippen LogP contribution in [0.15, 0.2) is 34.7 Å². The minimum absolute atomic E-state index is 0.0655. The summed E-state index contributed by atoms with van der Waals surface area (Å²) in [5.41, 5.74) is 0.900. The molecule has 1 aromatic carbocycles. The SMILES string of the molecule is CC1CCS(=O)CC(c2cc3ccccc3o2)N1. The van der Waals surface area contributed by atoms with Gasteiger partial charge in [0.05, 0.1) is 6.04 Å². The maximum Gasteiger partial charge on any atom is 0.134 e. The zero-order chi connectivity index (χ0) is 12.5. The Labute approximate surface area is 109 Å². The molecule has 1 N–H and O–H groups in total. The standard InChI is InChI=1S/C14H17NO2S/c1-10-6-7-18(16)9-12(15-10)14-8-11-4-2-3-5-13(11)17-14/h2-5,8,10,12,15H,6-7,9H2,1H3. The van der Waals surface area contributed by atoms with E-state index in [0.717, 1.165) is 28.9 Å². The molecule has 0 bridgehead atoms. The summed E-state index contributed by atoms with van der Waals surface area (Å²) < 4.78 is 17.7. The van der Waals surface area contributed by atoms with Gasteiger partial charge >= 0.3 is 0 Å². The highest BCUT2D eigenvalue weighted by Gasteiger charge is 2.24. The Bertz CT molecular complexity index is 545. The largest absolute Gasteiger partial charge is 0.459 e. The molecule has 0 spiro atoms. The highest BCUT2D eigenvalue weighted by Crippen LogP contribution is 2.26. The van der Waals surface area contributed by atoms with Crippen molar-refractivity contribution in [2.45, 2.75) is 25.4 Å². The molecular formula is C14H17NO2S. The molecule has 1 aromatic heterocycles. The van der Waals surface area contributed by atoms with Crippen molar-refractivity contribution in [1.82, 2.24) is 5.32 Å². The van der Waals surface area contributed by atoms with Crippen molar-refractivity contribution < 1.29 is 8.63 Å². The lowest BCUT2D eigenvalue weighted by atomic mass is 10.2. The number of hydrogen-bond donors (Lipinski definition) is 1. The van der Waals surface area contributed by atoms with Crippen molar-refractivity contribution in [1.29, 1.82) is 0 Å². The molecule has 1 aliphatic rings. The van der Waals surface area contributed by atoms with Crippen LogP contribution in [0.25, 0.3) is 11.0 Å². The van der Waals surface area contributed by atoms with Crippen LogP contribution >= 0.6 is 0 Å². The van der Waals surface area contributed by atoms with Crippen LogP contribution in [0.4, 0.5) is 0 Å². The Hall–Kier alpha value is -1.13. The fraction of sp³-hybridized carbons (Fsp3) is 0.429. The lowest BCUT2D eigenvalue weighted by molar-refractivity contribution is 0.416. The number of benzene rings is 1. The van der Waals surface area contributed by atoms with Gasteiger partial charge in [-0.15, -0.1) is 0 Å². The molecule has 3 unspecified atom stereocenters. The van der Waals surface area contributed by atoms with Crippen LogP contribution in [0.5, 0.6) is 0 Å². The Balaban J connectivity index is 1.94. The van der Waals surface area contributed by atoms with E-state index in [1.54, 1.807) is 0 Å². The van der Waals surface area contributed by atoms with Gasteiger partial charge in [0.25, 0.3) is 0 Å². The van der Waals surface area contributed by atoms with Crippen LogP contribution in [0.2, 0.25) is 0 Å². The molecule has 96 valence electrons. The minimum Gasteiger partial charge on any atom is -0.459 e. The summed E-state index contributed by atoms with van der Waals surface area (Å²) in [6, 6.07) is 10.5. The Morgan fingerprint density at radius 3 is 3.06 bits per heavy atom. The molecule has 3 rings (SSSR count). The van der Waals surface area contributed by atoms with Gasteiger partial charge in [0.1, 0.15) is 11.3 Å². The van der Waals surface area contributed by atoms with E-state index in [-0.39, 0.29) is 6.04 Å². The van der Waals surface area contributed by atoms with Crippen LogP contribution in [0.1, 0.15) is 25.1 Å². The molecule has 0 saturated carbocycles. The second kappa shape index (κ2) is 4.86. The van der Waals surface area contributed by atoms with Gasteiger partial charge < -0.3 is 9.73 Å². The third-order valence-electron chi connectivity index (χ3n) is 3.40. The molecule has 1 saturated heterocycles. The smallest absolute Gasteiger partial charge is 0.134 e. The molecule has 1 fully saturated rings. The molecule has 3 nitrogen and oxygen atoms in total. The summed E-state index contributed by atoms with van der Waals surface area (Å²) in [5.74, 6) is 2.33. The lowest BCUT2D eigenvalue weighted by Gasteiger charge is -2.16. The van der Waals surface area contributed by atoms with Gasteiger partial charge in [-0.1, -0.05) is 18.2 Å². The van der Waals surface area contributed by atoms with Crippen molar-refractivity contribution >= 4 is 21.8 Å². The highest BCUT2D eigenvalue weighted by atomic mass is 32.2. The van der Waals surface area contributed by atoms with Crippen LogP contribution in [0.3, 0.4) is 0 Å². The molecule has 2 heterocycles. The van der Waals surface area contributed by atoms with E-state index in [1.165, 1.54) is 0 Å². The number of furan rings is 1. The molecule has 4 heteroatoms. The van der Waals surface area contributed by atoms with Crippen LogP contribution in [0, 0.1) is 0 Å². The molecule has 18 heavy (non-hydrogen) atoms. The maximum absolute atomic E-state index is 11.9. The number of nitrogens with one attached hydrogen (secondary N) is 1. The predicted molar refractivity (Wildman–Crippen MR) is 74.0 cm³/mol. The molecule has 2 aromatic rings. The van der Waals surface area contributed by atoms with Gasteiger partial charge in [0.2, 0.25) is 0 Å². The van der Waals surface area contributed by atoms with Crippen LogP contribution in [-0.4, -0.2) is 21.8 Å². The fourth-order valence-corrected chi connectivity index (χ4v) is 3.81. The molecule has 3 atom stereocenters. The average Bonchev–Trinajstić information content (AvgIpc) is 2.71. The first kappa shape index (κ1) is 11.9. The number of para-hydroxylation sites is 1. The first-order valence-corrected chi connectivity index (χ1v) is 7.80. The second-order valence-corrected chi connectivity index (χ2v) is 6.53. The minimum atomic E-state index is -0.753. The fourth-order valence-electron chi connectivity index (χ4n) is 2.39. The van der Waals surface area contributed by atoms with Gasteiger partial charge in [0.15, 0.2) is 0 Å². The first-order chi connectivity index (χ1) is 8.72. The molecule has 0 radical (unpaired) electrons. The van der Waals surface area contributed by atoms with E-state index in [1.807, 2.05) is 24.3 Å². The molecule has 1 aliphatic heterocycles. The first-order valence-electron chi connectivity index (χ1n) is 6.32. The van der Waals surface area contributed by atoms with Crippen molar-refractivity contribution in [3.63, 3.8) is 0 Å². The Morgan fingerprint density at radius 1 is 1.39 bits per heavy atom. The summed E-state index contributed by atoms with van der Waals surface area (Å²) in [6.45, 7) is 2.14. The van der Waals surface area contributed by atoms with Gasteiger partial charge in [-0.05, 0) is 25.5 Å². The molecular weight excluding hydrogens is 246 g/mol. The van der Waals surface area contributed by atoms with Crippen molar-refractivity contribution in [3.8, 4) is 0 Å². The number of rotatable bonds is 1. The Morgan fingerprint density at radius 2 is 2.22 bits per heavy atom. The normalized spacial score (nSPS) is 29.3. The van der Waals surface area contributed by atoms with Crippen LogP contribution in [-0.2, 0) is 10.8 Å². The summed E-state index contributed by atoms with van der Waals surface area (Å²) in [7, 11) is -0.753. The lowest BCUT2D eigenvalue weighted by Crippen LogP contribution is -2.30. The third-order valence-corrected chi connectivity index (χ3v) is 4.80. The quantitative estimate of drug-likeness (QED) is 0.860. The topological polar surface area (TPSA) is 42.2 Å². The Kier molecular flexibility index (Phi) is 3.22. The van der Waals surface area contributed by atoms with E-state index in [2.05, 4.69) is 18.3 Å². The van der Waals surface area contributed by atoms with Crippen molar-refractivity contribution in [3.05, 3.63) is 36.1 Å². The van der Waals surface area contributed by atoms with Gasteiger partial charge in [0, 0.05) is 33.7 Å².